The van der Waals surface area contributed by atoms with Crippen LogP contribution in [0.1, 0.15) is 43.6 Å². The van der Waals surface area contributed by atoms with Crippen LogP contribution >= 0.6 is 0 Å². The average Bonchev–Trinajstić information content (AvgIpc) is 2.80. The van der Waals surface area contributed by atoms with Crippen LogP contribution in [0.5, 0.6) is 0 Å². The molecule has 0 radical (unpaired) electrons. The lowest BCUT2D eigenvalue weighted by molar-refractivity contribution is -0.132. The molecule has 108 valence electrons. The molecule has 2 aliphatic carbocycles. The molecule has 0 bridgehead atoms. The molecule has 0 amide bonds. The van der Waals surface area contributed by atoms with Crippen molar-refractivity contribution in [2.75, 3.05) is 0 Å². The Kier molecular flexibility index (Phi) is 2.92. The normalized spacial score (nSPS) is 34.5. The molecule has 0 aromatic carbocycles. The second kappa shape index (κ2) is 4.43. The van der Waals surface area contributed by atoms with Crippen molar-refractivity contribution in [2.24, 2.45) is 24.8 Å². The summed E-state index contributed by atoms with van der Waals surface area (Å²) in [6.45, 7) is 4.05. The highest BCUT2D eigenvalue weighted by Crippen LogP contribution is 2.52. The van der Waals surface area contributed by atoms with E-state index in [1.54, 1.807) is 11.7 Å². The van der Waals surface area contributed by atoms with Crippen LogP contribution in [0.2, 0.25) is 0 Å². The lowest BCUT2D eigenvalue weighted by atomic mass is 9.54. The quantitative estimate of drug-likeness (QED) is 0.727. The minimum absolute atomic E-state index is 0.0693. The van der Waals surface area contributed by atoms with E-state index in [1.807, 2.05) is 6.92 Å². The topological polar surface area (TPSA) is 82.5 Å². The van der Waals surface area contributed by atoms with Crippen molar-refractivity contribution in [1.29, 1.82) is 10.5 Å². The number of carbonyl (C=O) groups excluding carboxylic acids is 1. The Morgan fingerprint density at radius 3 is 2.76 bits per heavy atom. The molecule has 5 heteroatoms. The zero-order chi connectivity index (χ0) is 15.4. The van der Waals surface area contributed by atoms with E-state index in [0.29, 0.717) is 12.1 Å². The molecule has 1 unspecified atom stereocenters. The van der Waals surface area contributed by atoms with Gasteiger partial charge < -0.3 is 0 Å². The number of hydrogen-bond donors (Lipinski definition) is 0. The van der Waals surface area contributed by atoms with Crippen molar-refractivity contribution in [3.63, 3.8) is 0 Å². The third-order valence-corrected chi connectivity index (χ3v) is 5.50. The Hall–Kier alpha value is -2.14. The Balaban J connectivity index is 2.16. The van der Waals surface area contributed by atoms with Crippen LogP contribution in [0.3, 0.4) is 0 Å². The summed E-state index contributed by atoms with van der Waals surface area (Å²) in [6, 6.07) is 4.39. The number of aromatic nitrogens is 2. The third kappa shape index (κ3) is 1.67. The van der Waals surface area contributed by atoms with E-state index >= 15 is 0 Å². The molecule has 1 saturated carbocycles. The van der Waals surface area contributed by atoms with E-state index in [1.165, 1.54) is 0 Å². The molecule has 1 fully saturated rings. The number of ketones is 1. The molecule has 1 aromatic rings. The van der Waals surface area contributed by atoms with Crippen LogP contribution in [-0.4, -0.2) is 15.6 Å². The van der Waals surface area contributed by atoms with Crippen molar-refractivity contribution in [3.8, 4) is 12.1 Å². The van der Waals surface area contributed by atoms with Crippen molar-refractivity contribution < 1.29 is 4.79 Å². The van der Waals surface area contributed by atoms with Crippen LogP contribution in [-0.2, 0) is 23.7 Å². The van der Waals surface area contributed by atoms with Gasteiger partial charge in [0, 0.05) is 23.9 Å². The molecule has 0 saturated heterocycles. The van der Waals surface area contributed by atoms with Crippen LogP contribution in [0, 0.1) is 40.4 Å². The molecule has 0 spiro atoms. The SMILES string of the molecule is C[C@@H]1C(=O)C(C#N)C[C@]2(C)c3nn(C)c(C#N)c3CC[C@@H]12. The van der Waals surface area contributed by atoms with Crippen molar-refractivity contribution in [1.82, 2.24) is 9.78 Å². The van der Waals surface area contributed by atoms with Gasteiger partial charge in [0.15, 0.2) is 5.78 Å². The minimum atomic E-state index is -0.556. The number of nitriles is 2. The largest absolute Gasteiger partial charge is 0.298 e. The summed E-state index contributed by atoms with van der Waals surface area (Å²) in [6.07, 6.45) is 2.20. The molecule has 0 N–H and O–H groups in total. The first-order valence-electron chi connectivity index (χ1n) is 7.33. The number of rotatable bonds is 0. The standard InChI is InChI=1S/C16H18N4O/c1-9-12-5-4-11-13(8-18)20(3)19-15(11)16(12,2)6-10(7-17)14(9)21/h9-10,12H,4-6H2,1-3H3/t9-,10?,12-,16-/m0/s1. The third-order valence-electron chi connectivity index (χ3n) is 5.50. The molecule has 0 aliphatic heterocycles. The number of nitrogens with zero attached hydrogens (tertiary/aromatic N) is 4. The van der Waals surface area contributed by atoms with E-state index in [0.717, 1.165) is 24.1 Å². The molecule has 5 nitrogen and oxygen atoms in total. The Morgan fingerprint density at radius 2 is 2.14 bits per heavy atom. The summed E-state index contributed by atoms with van der Waals surface area (Å²) in [7, 11) is 1.79. The van der Waals surface area contributed by atoms with E-state index in [9.17, 15) is 15.3 Å². The van der Waals surface area contributed by atoms with Gasteiger partial charge in [-0.1, -0.05) is 13.8 Å². The van der Waals surface area contributed by atoms with Gasteiger partial charge in [0.25, 0.3) is 0 Å². The Morgan fingerprint density at radius 1 is 1.43 bits per heavy atom. The minimum Gasteiger partial charge on any atom is -0.298 e. The monoisotopic (exact) mass is 282 g/mol. The van der Waals surface area contributed by atoms with E-state index < -0.39 is 5.92 Å². The molecule has 1 aromatic heterocycles. The van der Waals surface area contributed by atoms with E-state index in [-0.39, 0.29) is 23.0 Å². The van der Waals surface area contributed by atoms with Gasteiger partial charge in [-0.05, 0) is 25.2 Å². The van der Waals surface area contributed by atoms with Crippen LogP contribution in [0.25, 0.3) is 0 Å². The summed E-state index contributed by atoms with van der Waals surface area (Å²) in [5.41, 5.74) is 2.27. The average molecular weight is 282 g/mol. The number of fused-ring (bicyclic) bond motifs is 3. The summed E-state index contributed by atoms with van der Waals surface area (Å²) < 4.78 is 1.64. The first kappa shape index (κ1) is 13.8. The van der Waals surface area contributed by atoms with Gasteiger partial charge in [-0.3, -0.25) is 9.48 Å². The molecular weight excluding hydrogens is 264 g/mol. The predicted octanol–water partition coefficient (Wildman–Crippen LogP) is 1.86. The van der Waals surface area contributed by atoms with Gasteiger partial charge >= 0.3 is 0 Å². The van der Waals surface area contributed by atoms with E-state index in [2.05, 4.69) is 24.2 Å². The Labute approximate surface area is 124 Å². The summed E-state index contributed by atoms with van der Waals surface area (Å²) in [5, 5.41) is 23.2. The van der Waals surface area contributed by atoms with Gasteiger partial charge in [0.2, 0.25) is 0 Å². The molecular formula is C16H18N4O. The number of Topliss-reactive ketones (excluding diaryl/α,β-unsaturated/α-hetero) is 1. The fourth-order valence-corrected chi connectivity index (χ4v) is 4.40. The van der Waals surface area contributed by atoms with Gasteiger partial charge in [0.05, 0.1) is 11.8 Å². The summed E-state index contributed by atoms with van der Waals surface area (Å²) in [5.74, 6) is -0.391. The number of carbonyl (C=O) groups is 1. The van der Waals surface area contributed by atoms with E-state index in [4.69, 9.17) is 0 Å². The molecule has 1 heterocycles. The smallest absolute Gasteiger partial charge is 0.153 e. The van der Waals surface area contributed by atoms with Crippen LogP contribution in [0.4, 0.5) is 0 Å². The fraction of sp³-hybridized carbons (Fsp3) is 0.625. The zero-order valence-corrected chi connectivity index (χ0v) is 12.6. The highest BCUT2D eigenvalue weighted by atomic mass is 16.1. The Bertz CT molecular complexity index is 705. The lowest BCUT2D eigenvalue weighted by Gasteiger charge is -2.47. The van der Waals surface area contributed by atoms with Gasteiger partial charge in [-0.15, -0.1) is 0 Å². The first-order chi connectivity index (χ1) is 9.93. The number of hydrogen-bond acceptors (Lipinski definition) is 4. The van der Waals surface area contributed by atoms with Crippen molar-refractivity contribution >= 4 is 5.78 Å². The molecule has 21 heavy (non-hydrogen) atoms. The summed E-state index contributed by atoms with van der Waals surface area (Å²) in [4.78, 5) is 12.3. The maximum absolute atomic E-state index is 12.3. The van der Waals surface area contributed by atoms with Crippen molar-refractivity contribution in [2.45, 2.75) is 38.5 Å². The maximum atomic E-state index is 12.3. The highest BCUT2D eigenvalue weighted by molar-refractivity contribution is 5.87. The molecule has 4 atom stereocenters. The van der Waals surface area contributed by atoms with Crippen molar-refractivity contribution in [3.05, 3.63) is 17.0 Å². The van der Waals surface area contributed by atoms with Crippen LogP contribution in [0.15, 0.2) is 0 Å². The first-order valence-corrected chi connectivity index (χ1v) is 7.33. The lowest BCUT2D eigenvalue weighted by Crippen LogP contribution is -2.50. The summed E-state index contributed by atoms with van der Waals surface area (Å²) >= 11 is 0. The molecule has 3 rings (SSSR count). The zero-order valence-electron chi connectivity index (χ0n) is 12.6. The van der Waals surface area contributed by atoms with Gasteiger partial charge in [0.1, 0.15) is 17.7 Å². The van der Waals surface area contributed by atoms with Crippen LogP contribution < -0.4 is 0 Å². The molecule has 2 aliphatic rings. The maximum Gasteiger partial charge on any atom is 0.153 e. The predicted molar refractivity (Wildman–Crippen MR) is 75.0 cm³/mol. The highest BCUT2D eigenvalue weighted by Gasteiger charge is 2.53. The number of aryl methyl sites for hydroxylation is 1. The van der Waals surface area contributed by atoms with Gasteiger partial charge in [-0.25, -0.2) is 0 Å². The van der Waals surface area contributed by atoms with Gasteiger partial charge in [-0.2, -0.15) is 15.6 Å². The second-order valence-electron chi connectivity index (χ2n) is 6.55. The second-order valence-corrected chi connectivity index (χ2v) is 6.55. The fourth-order valence-electron chi connectivity index (χ4n) is 4.40.